The highest BCUT2D eigenvalue weighted by molar-refractivity contribution is 7.80. The summed E-state index contributed by atoms with van der Waals surface area (Å²) in [6, 6.07) is 13.3. The van der Waals surface area contributed by atoms with Crippen LogP contribution in [0.3, 0.4) is 0 Å². The molecule has 4 nitrogen and oxygen atoms in total. The Bertz CT molecular complexity index is 795. The van der Waals surface area contributed by atoms with Crippen molar-refractivity contribution in [3.8, 4) is 5.75 Å². The number of anilines is 2. The van der Waals surface area contributed by atoms with Crippen molar-refractivity contribution in [1.82, 2.24) is 0 Å². The van der Waals surface area contributed by atoms with E-state index in [1.54, 1.807) is 26.2 Å². The van der Waals surface area contributed by atoms with Gasteiger partial charge in [-0.25, -0.2) is 0 Å². The molecule has 0 amide bonds. The van der Waals surface area contributed by atoms with Gasteiger partial charge in [-0.3, -0.25) is 4.79 Å². The maximum Gasteiger partial charge on any atom is 0.175 e. The van der Waals surface area contributed by atoms with Gasteiger partial charge in [0.2, 0.25) is 0 Å². The summed E-state index contributed by atoms with van der Waals surface area (Å²) in [6.07, 6.45) is 0. The third kappa shape index (κ3) is 5.03. The van der Waals surface area contributed by atoms with Crippen LogP contribution in [0, 0.1) is 0 Å². The molecule has 0 saturated heterocycles. The zero-order valence-corrected chi connectivity index (χ0v) is 16.1. The maximum atomic E-state index is 11.5. The van der Waals surface area contributed by atoms with E-state index >= 15 is 0 Å². The van der Waals surface area contributed by atoms with Gasteiger partial charge in [0.05, 0.1) is 12.8 Å². The molecule has 0 heterocycles. The van der Waals surface area contributed by atoms with E-state index in [4.69, 9.17) is 17.0 Å². The molecule has 25 heavy (non-hydrogen) atoms. The number of carbonyl (C=O) groups excluding carboxylic acids is 1. The molecule has 0 aromatic heterocycles. The number of nitrogens with one attached hydrogen (secondary N) is 2. The quantitative estimate of drug-likeness (QED) is 0.596. The van der Waals surface area contributed by atoms with Gasteiger partial charge in [-0.2, -0.15) is 0 Å². The van der Waals surface area contributed by atoms with Gasteiger partial charge in [-0.05, 0) is 54.4 Å². The smallest absolute Gasteiger partial charge is 0.175 e. The Labute approximate surface area is 154 Å². The Morgan fingerprint density at radius 1 is 1.08 bits per heavy atom. The number of benzene rings is 2. The van der Waals surface area contributed by atoms with Crippen LogP contribution in [0.1, 0.15) is 43.6 Å². The molecule has 132 valence electrons. The minimum absolute atomic E-state index is 0.0158. The molecule has 2 N–H and O–H groups in total. The molecule has 2 rings (SSSR count). The molecular weight excluding hydrogens is 332 g/mol. The number of thiocarbonyl (C=S) groups is 1. The molecule has 2 aromatic carbocycles. The highest BCUT2D eigenvalue weighted by atomic mass is 32.1. The second kappa shape index (κ2) is 7.66. The van der Waals surface area contributed by atoms with E-state index in [2.05, 4.69) is 37.5 Å². The number of ether oxygens (including phenoxy) is 1. The lowest BCUT2D eigenvalue weighted by Gasteiger charge is -2.22. The van der Waals surface area contributed by atoms with Crippen molar-refractivity contribution in [2.24, 2.45) is 0 Å². The van der Waals surface area contributed by atoms with E-state index in [0.717, 1.165) is 17.1 Å². The van der Waals surface area contributed by atoms with Crippen molar-refractivity contribution in [3.63, 3.8) is 0 Å². The summed E-state index contributed by atoms with van der Waals surface area (Å²) >= 11 is 5.41. The summed E-state index contributed by atoms with van der Waals surface area (Å²) in [5.74, 6) is 0.733. The van der Waals surface area contributed by atoms with E-state index in [-0.39, 0.29) is 11.2 Å². The van der Waals surface area contributed by atoms with E-state index < -0.39 is 0 Å². The first kappa shape index (κ1) is 18.9. The summed E-state index contributed by atoms with van der Waals surface area (Å²) in [4.78, 5) is 11.5. The third-order valence-corrected chi connectivity index (χ3v) is 4.04. The van der Waals surface area contributed by atoms with E-state index in [0.29, 0.717) is 10.7 Å². The first-order valence-electron chi connectivity index (χ1n) is 8.08. The molecule has 5 heteroatoms. The molecule has 0 aliphatic rings. The topological polar surface area (TPSA) is 50.4 Å². The van der Waals surface area contributed by atoms with Crippen molar-refractivity contribution < 1.29 is 9.53 Å². The first-order valence-corrected chi connectivity index (χ1v) is 8.49. The average molecular weight is 356 g/mol. The molecule has 0 spiro atoms. The Morgan fingerprint density at radius 2 is 1.80 bits per heavy atom. The number of Topliss-reactive ketones (excluding diaryl/α,β-unsaturated/α-hetero) is 1. The van der Waals surface area contributed by atoms with Crippen molar-refractivity contribution in [1.29, 1.82) is 0 Å². The Kier molecular flexibility index (Phi) is 5.80. The van der Waals surface area contributed by atoms with Gasteiger partial charge in [-0.15, -0.1) is 0 Å². The summed E-state index contributed by atoms with van der Waals surface area (Å²) in [7, 11) is 1.63. The van der Waals surface area contributed by atoms with Gasteiger partial charge in [0, 0.05) is 11.3 Å². The van der Waals surface area contributed by atoms with Gasteiger partial charge in [0.25, 0.3) is 0 Å². The third-order valence-electron chi connectivity index (χ3n) is 3.84. The molecule has 0 radical (unpaired) electrons. The van der Waals surface area contributed by atoms with Crippen LogP contribution < -0.4 is 15.4 Å². The fourth-order valence-corrected chi connectivity index (χ4v) is 2.60. The van der Waals surface area contributed by atoms with Gasteiger partial charge in [-0.1, -0.05) is 39.0 Å². The lowest BCUT2D eigenvalue weighted by atomic mass is 9.87. The zero-order valence-electron chi connectivity index (χ0n) is 15.3. The van der Waals surface area contributed by atoms with Crippen LogP contribution in [0.5, 0.6) is 5.75 Å². The Balaban J connectivity index is 2.20. The molecule has 0 atom stereocenters. The second-order valence-electron chi connectivity index (χ2n) is 6.88. The predicted molar refractivity (Wildman–Crippen MR) is 108 cm³/mol. The monoisotopic (exact) mass is 356 g/mol. The number of ketones is 1. The molecule has 0 bridgehead atoms. The van der Waals surface area contributed by atoms with Crippen molar-refractivity contribution in [2.75, 3.05) is 17.7 Å². The number of carbonyl (C=O) groups is 1. The van der Waals surface area contributed by atoms with Crippen LogP contribution in [0.15, 0.2) is 42.5 Å². The van der Waals surface area contributed by atoms with Crippen LogP contribution in [0.4, 0.5) is 11.4 Å². The van der Waals surface area contributed by atoms with Crippen LogP contribution in [-0.2, 0) is 5.41 Å². The van der Waals surface area contributed by atoms with Gasteiger partial charge in [0.1, 0.15) is 5.75 Å². The van der Waals surface area contributed by atoms with E-state index in [1.165, 1.54) is 5.56 Å². The lowest BCUT2D eigenvalue weighted by Crippen LogP contribution is -2.20. The van der Waals surface area contributed by atoms with E-state index in [9.17, 15) is 4.79 Å². The Morgan fingerprint density at radius 3 is 2.40 bits per heavy atom. The minimum atomic E-state index is 0.0158. The molecule has 2 aromatic rings. The Hall–Kier alpha value is -2.40. The maximum absolute atomic E-state index is 11.5. The normalized spacial score (nSPS) is 10.9. The summed E-state index contributed by atoms with van der Waals surface area (Å²) in [5, 5.41) is 6.72. The van der Waals surface area contributed by atoms with Crippen LogP contribution >= 0.6 is 12.2 Å². The fraction of sp³-hybridized carbons (Fsp3) is 0.300. The largest absolute Gasteiger partial charge is 0.495 e. The zero-order chi connectivity index (χ0) is 18.6. The van der Waals surface area contributed by atoms with Crippen molar-refractivity contribution in [2.45, 2.75) is 33.1 Å². The van der Waals surface area contributed by atoms with Crippen LogP contribution in [-0.4, -0.2) is 18.0 Å². The summed E-state index contributed by atoms with van der Waals surface area (Å²) in [6.45, 7) is 8.01. The van der Waals surface area contributed by atoms with Crippen molar-refractivity contribution >= 4 is 34.5 Å². The fourth-order valence-electron chi connectivity index (χ4n) is 2.37. The second-order valence-corrected chi connectivity index (χ2v) is 7.29. The number of rotatable bonds is 4. The standard InChI is InChI=1S/C20H24N2O2S/c1-13(23)14-7-6-8-16(11-14)21-19(25)22-17-12-15(20(2,3)4)9-10-18(17)24-5/h6-12H,1-5H3,(H2,21,22,25). The average Bonchev–Trinajstić information content (AvgIpc) is 2.54. The SMILES string of the molecule is COc1ccc(C(C)(C)C)cc1NC(=S)Nc1cccc(C(C)=O)c1. The van der Waals surface area contributed by atoms with Gasteiger partial charge < -0.3 is 15.4 Å². The van der Waals surface area contributed by atoms with Gasteiger partial charge in [0.15, 0.2) is 10.9 Å². The van der Waals surface area contributed by atoms with E-state index in [1.807, 2.05) is 24.3 Å². The lowest BCUT2D eigenvalue weighted by molar-refractivity contribution is 0.101. The summed E-state index contributed by atoms with van der Waals surface area (Å²) in [5.41, 5.74) is 3.40. The van der Waals surface area contributed by atoms with Crippen molar-refractivity contribution in [3.05, 3.63) is 53.6 Å². The highest BCUT2D eigenvalue weighted by Crippen LogP contribution is 2.31. The molecule has 0 aliphatic heterocycles. The minimum Gasteiger partial charge on any atom is -0.495 e. The molecule has 0 unspecified atom stereocenters. The number of hydrogen-bond donors (Lipinski definition) is 2. The molecular formula is C20H24N2O2S. The first-order chi connectivity index (χ1) is 11.7. The van der Waals surface area contributed by atoms with Crippen LogP contribution in [0.2, 0.25) is 0 Å². The highest BCUT2D eigenvalue weighted by Gasteiger charge is 2.16. The van der Waals surface area contributed by atoms with Crippen LogP contribution in [0.25, 0.3) is 0 Å². The summed E-state index contributed by atoms with van der Waals surface area (Å²) < 4.78 is 5.42. The molecule has 0 aliphatic carbocycles. The molecule has 0 saturated carbocycles. The number of hydrogen-bond acceptors (Lipinski definition) is 3. The van der Waals surface area contributed by atoms with Gasteiger partial charge >= 0.3 is 0 Å². The predicted octanol–water partition coefficient (Wildman–Crippen LogP) is 5.00. The molecule has 0 fully saturated rings. The number of methoxy groups -OCH3 is 1.